The first kappa shape index (κ1) is 12.5. The fourth-order valence-electron chi connectivity index (χ4n) is 4.00. The van der Waals surface area contributed by atoms with Crippen LogP contribution in [0.1, 0.15) is 51.4 Å². The van der Waals surface area contributed by atoms with Crippen LogP contribution in [0.2, 0.25) is 0 Å². The fraction of sp³-hybridized carbons (Fsp3) is 0.933. The van der Waals surface area contributed by atoms with Crippen molar-refractivity contribution in [3.05, 3.63) is 0 Å². The molecule has 2 heterocycles. The van der Waals surface area contributed by atoms with Crippen molar-refractivity contribution in [3.8, 4) is 0 Å². The summed E-state index contributed by atoms with van der Waals surface area (Å²) in [6.07, 6.45) is 10.7. The Kier molecular flexibility index (Phi) is 3.88. The summed E-state index contributed by atoms with van der Waals surface area (Å²) in [5.74, 6) is 1.55. The number of rotatable bonds is 2. The van der Waals surface area contributed by atoms with E-state index in [0.29, 0.717) is 5.92 Å². The number of piperidine rings is 1. The van der Waals surface area contributed by atoms with Gasteiger partial charge in [-0.05, 0) is 45.2 Å². The van der Waals surface area contributed by atoms with Gasteiger partial charge in [-0.25, -0.2) is 0 Å². The zero-order chi connectivity index (χ0) is 12.4. The van der Waals surface area contributed by atoms with Crippen molar-refractivity contribution in [2.75, 3.05) is 26.2 Å². The molecule has 1 unspecified atom stereocenters. The fourth-order valence-corrected chi connectivity index (χ4v) is 4.00. The highest BCUT2D eigenvalue weighted by Crippen LogP contribution is 2.29. The third-order valence-corrected chi connectivity index (χ3v) is 5.15. The minimum absolute atomic E-state index is 0.588. The number of nitrogens with zero attached hydrogens (tertiary/aromatic N) is 2. The maximum atomic E-state index is 8.39. The van der Waals surface area contributed by atoms with Crippen molar-refractivity contribution >= 4 is 5.84 Å². The first-order chi connectivity index (χ1) is 8.84. The molecule has 0 aromatic carbocycles. The zero-order valence-electron chi connectivity index (χ0n) is 11.5. The van der Waals surface area contributed by atoms with Gasteiger partial charge in [-0.1, -0.05) is 19.3 Å². The standard InChI is InChI=1S/C15H27N3/c16-15(13-6-2-3-7-13)18-11-8-14(12-18)17-9-4-1-5-10-17/h13-14,16H,1-12H2. The molecule has 0 spiro atoms. The van der Waals surface area contributed by atoms with Crippen LogP contribution in [0.5, 0.6) is 0 Å². The van der Waals surface area contributed by atoms with Crippen molar-refractivity contribution in [3.63, 3.8) is 0 Å². The van der Waals surface area contributed by atoms with Crippen LogP contribution in [0.15, 0.2) is 0 Å². The monoisotopic (exact) mass is 249 g/mol. The van der Waals surface area contributed by atoms with Crippen LogP contribution in [-0.4, -0.2) is 47.9 Å². The van der Waals surface area contributed by atoms with Gasteiger partial charge in [0.05, 0.1) is 5.84 Å². The van der Waals surface area contributed by atoms with Crippen LogP contribution < -0.4 is 0 Å². The summed E-state index contributed by atoms with van der Waals surface area (Å²) in [4.78, 5) is 5.07. The number of hydrogen-bond acceptors (Lipinski definition) is 2. The number of amidine groups is 1. The molecule has 1 aliphatic carbocycles. The van der Waals surface area contributed by atoms with Gasteiger partial charge in [0.1, 0.15) is 0 Å². The Bertz CT molecular complexity index is 290. The molecule has 0 radical (unpaired) electrons. The first-order valence-corrected chi connectivity index (χ1v) is 7.92. The van der Waals surface area contributed by atoms with E-state index in [2.05, 4.69) is 9.80 Å². The van der Waals surface area contributed by atoms with Crippen LogP contribution in [0.4, 0.5) is 0 Å². The topological polar surface area (TPSA) is 30.3 Å². The summed E-state index contributed by atoms with van der Waals surface area (Å²) in [6.45, 7) is 4.87. The van der Waals surface area contributed by atoms with Crippen LogP contribution in [-0.2, 0) is 0 Å². The van der Waals surface area contributed by atoms with E-state index in [9.17, 15) is 0 Å². The smallest absolute Gasteiger partial charge is 0.0990 e. The molecule has 1 N–H and O–H groups in total. The predicted molar refractivity (Wildman–Crippen MR) is 75.1 cm³/mol. The largest absolute Gasteiger partial charge is 0.359 e. The number of hydrogen-bond donors (Lipinski definition) is 1. The highest BCUT2D eigenvalue weighted by Gasteiger charge is 2.32. The summed E-state index contributed by atoms with van der Waals surface area (Å²) >= 11 is 0. The van der Waals surface area contributed by atoms with E-state index >= 15 is 0 Å². The van der Waals surface area contributed by atoms with Crippen molar-refractivity contribution in [1.29, 1.82) is 5.41 Å². The molecule has 3 fully saturated rings. The van der Waals surface area contributed by atoms with Crippen molar-refractivity contribution in [2.45, 2.75) is 57.4 Å². The zero-order valence-corrected chi connectivity index (χ0v) is 11.5. The Morgan fingerprint density at radius 1 is 0.833 bits per heavy atom. The average molecular weight is 249 g/mol. The molecular weight excluding hydrogens is 222 g/mol. The van der Waals surface area contributed by atoms with Crippen LogP contribution >= 0.6 is 0 Å². The number of likely N-dealkylation sites (tertiary alicyclic amines) is 2. The molecule has 3 heteroatoms. The molecule has 0 aromatic heterocycles. The van der Waals surface area contributed by atoms with Gasteiger partial charge in [0.2, 0.25) is 0 Å². The Morgan fingerprint density at radius 3 is 2.28 bits per heavy atom. The summed E-state index contributed by atoms with van der Waals surface area (Å²) in [7, 11) is 0. The van der Waals surface area contributed by atoms with E-state index in [1.807, 2.05) is 0 Å². The highest BCUT2D eigenvalue weighted by molar-refractivity contribution is 5.82. The predicted octanol–water partition coefficient (Wildman–Crippen LogP) is 2.71. The Labute approximate surface area is 111 Å². The third-order valence-electron chi connectivity index (χ3n) is 5.15. The number of nitrogens with one attached hydrogen (secondary N) is 1. The molecule has 3 aliphatic rings. The second-order valence-corrected chi connectivity index (χ2v) is 6.35. The maximum Gasteiger partial charge on any atom is 0.0990 e. The molecule has 1 saturated carbocycles. The summed E-state index contributed by atoms with van der Waals surface area (Å²) in [5.41, 5.74) is 0. The highest BCUT2D eigenvalue weighted by atomic mass is 15.3. The lowest BCUT2D eigenvalue weighted by Crippen LogP contribution is -2.42. The van der Waals surface area contributed by atoms with Gasteiger partial charge in [-0.3, -0.25) is 10.3 Å². The SMILES string of the molecule is N=C(C1CCCC1)N1CCC(N2CCCCC2)C1. The van der Waals surface area contributed by atoms with Crippen LogP contribution in [0.3, 0.4) is 0 Å². The van der Waals surface area contributed by atoms with E-state index in [4.69, 9.17) is 5.41 Å². The molecule has 2 saturated heterocycles. The summed E-state index contributed by atoms with van der Waals surface area (Å²) < 4.78 is 0. The second kappa shape index (κ2) is 5.60. The Morgan fingerprint density at radius 2 is 1.56 bits per heavy atom. The molecule has 102 valence electrons. The molecule has 3 nitrogen and oxygen atoms in total. The molecule has 0 bridgehead atoms. The Hall–Kier alpha value is -0.570. The minimum atomic E-state index is 0.588. The van der Waals surface area contributed by atoms with Crippen LogP contribution in [0, 0.1) is 11.3 Å². The molecular formula is C15H27N3. The van der Waals surface area contributed by atoms with E-state index < -0.39 is 0 Å². The minimum Gasteiger partial charge on any atom is -0.359 e. The summed E-state index contributed by atoms with van der Waals surface area (Å²) in [5, 5.41) is 8.39. The lowest BCUT2D eigenvalue weighted by molar-refractivity contribution is 0.168. The van der Waals surface area contributed by atoms with Gasteiger partial charge in [0.25, 0.3) is 0 Å². The van der Waals surface area contributed by atoms with E-state index in [1.54, 1.807) is 0 Å². The summed E-state index contributed by atoms with van der Waals surface area (Å²) in [6, 6.07) is 0.743. The van der Waals surface area contributed by atoms with Gasteiger partial charge < -0.3 is 4.90 Å². The van der Waals surface area contributed by atoms with Gasteiger partial charge in [-0.15, -0.1) is 0 Å². The van der Waals surface area contributed by atoms with E-state index in [-0.39, 0.29) is 0 Å². The van der Waals surface area contributed by atoms with Gasteiger partial charge in [-0.2, -0.15) is 0 Å². The molecule has 1 atom stereocenters. The first-order valence-electron chi connectivity index (χ1n) is 7.92. The maximum absolute atomic E-state index is 8.39. The molecule has 0 aromatic rings. The second-order valence-electron chi connectivity index (χ2n) is 6.35. The van der Waals surface area contributed by atoms with E-state index in [0.717, 1.165) is 25.0 Å². The van der Waals surface area contributed by atoms with Crippen molar-refractivity contribution in [1.82, 2.24) is 9.80 Å². The molecule has 2 aliphatic heterocycles. The van der Waals surface area contributed by atoms with Gasteiger partial charge >= 0.3 is 0 Å². The quantitative estimate of drug-likeness (QED) is 0.602. The Balaban J connectivity index is 1.52. The van der Waals surface area contributed by atoms with Gasteiger partial charge in [0.15, 0.2) is 0 Å². The van der Waals surface area contributed by atoms with Gasteiger partial charge in [0, 0.05) is 25.0 Å². The van der Waals surface area contributed by atoms with Crippen molar-refractivity contribution < 1.29 is 0 Å². The van der Waals surface area contributed by atoms with Crippen molar-refractivity contribution in [2.24, 2.45) is 5.92 Å². The molecule has 0 amide bonds. The average Bonchev–Trinajstić information content (AvgIpc) is 3.10. The molecule has 3 rings (SSSR count). The molecule has 18 heavy (non-hydrogen) atoms. The normalized spacial score (nSPS) is 31.1. The van der Waals surface area contributed by atoms with Crippen LogP contribution in [0.25, 0.3) is 0 Å². The van der Waals surface area contributed by atoms with E-state index in [1.165, 1.54) is 64.5 Å². The lowest BCUT2D eigenvalue weighted by Gasteiger charge is -2.32. The lowest BCUT2D eigenvalue weighted by atomic mass is 10.1. The third kappa shape index (κ3) is 2.56.